The van der Waals surface area contributed by atoms with Crippen LogP contribution in [-0.2, 0) is 0 Å². The fraction of sp³-hybridized carbons (Fsp3) is 0.143. The van der Waals surface area contributed by atoms with Gasteiger partial charge in [-0.05, 0) is 5.56 Å². The molecule has 0 heterocycles. The molecular weight excluding hydrogens is 274 g/mol. The maximum absolute atomic E-state index is 13.3. The first-order valence-electron chi connectivity index (χ1n) is 5.77. The fourth-order valence-corrected chi connectivity index (χ4v) is 1.65. The molecule has 0 aromatic heterocycles. The molecule has 2 N–H and O–H groups in total. The van der Waals surface area contributed by atoms with E-state index in [1.165, 1.54) is 0 Å². The van der Waals surface area contributed by atoms with Crippen molar-refractivity contribution in [3.05, 3.63) is 65.2 Å². The summed E-state index contributed by atoms with van der Waals surface area (Å²) < 4.78 is 57.4. The summed E-state index contributed by atoms with van der Waals surface area (Å²) in [4.78, 5) is 0. The molecule has 0 aliphatic heterocycles. The quantitative estimate of drug-likeness (QED) is 0.691. The van der Waals surface area contributed by atoms with Crippen molar-refractivity contribution in [3.8, 4) is 5.75 Å². The molecule has 1 atom stereocenters. The molecular formula is C14H11F4NO. The van der Waals surface area contributed by atoms with Gasteiger partial charge in [-0.2, -0.15) is 8.78 Å². The van der Waals surface area contributed by atoms with Gasteiger partial charge in [-0.1, -0.05) is 30.3 Å². The minimum Gasteiger partial charge on any atom is -0.485 e. The van der Waals surface area contributed by atoms with Crippen LogP contribution in [0.5, 0.6) is 5.75 Å². The molecule has 106 valence electrons. The molecule has 0 spiro atoms. The van der Waals surface area contributed by atoms with E-state index in [1.54, 1.807) is 30.3 Å². The van der Waals surface area contributed by atoms with E-state index >= 15 is 0 Å². The SMILES string of the molecule is NC(COc1c(F)c(F)cc(F)c1F)c1ccccc1. The Morgan fingerprint density at radius 3 is 2.05 bits per heavy atom. The highest BCUT2D eigenvalue weighted by Gasteiger charge is 2.21. The van der Waals surface area contributed by atoms with E-state index in [1.807, 2.05) is 0 Å². The van der Waals surface area contributed by atoms with Gasteiger partial charge in [0.1, 0.15) is 6.61 Å². The predicted octanol–water partition coefficient (Wildman–Crippen LogP) is 3.32. The molecule has 0 fully saturated rings. The van der Waals surface area contributed by atoms with Gasteiger partial charge < -0.3 is 10.5 Å². The molecule has 0 saturated carbocycles. The second-order valence-electron chi connectivity index (χ2n) is 4.13. The van der Waals surface area contributed by atoms with Gasteiger partial charge in [0.05, 0.1) is 6.04 Å². The van der Waals surface area contributed by atoms with Gasteiger partial charge in [-0.25, -0.2) is 8.78 Å². The van der Waals surface area contributed by atoms with Crippen LogP contribution < -0.4 is 10.5 Å². The number of hydrogen-bond donors (Lipinski definition) is 1. The lowest BCUT2D eigenvalue weighted by Gasteiger charge is -2.14. The first kappa shape index (κ1) is 14.3. The van der Waals surface area contributed by atoms with Crippen molar-refractivity contribution in [1.29, 1.82) is 0 Å². The van der Waals surface area contributed by atoms with Crippen LogP contribution >= 0.6 is 0 Å². The summed E-state index contributed by atoms with van der Waals surface area (Å²) in [5.74, 6) is -7.30. The third kappa shape index (κ3) is 2.91. The highest BCUT2D eigenvalue weighted by molar-refractivity contribution is 5.29. The van der Waals surface area contributed by atoms with Gasteiger partial charge >= 0.3 is 0 Å². The summed E-state index contributed by atoms with van der Waals surface area (Å²) in [6.45, 7) is -0.319. The average Bonchev–Trinajstić information content (AvgIpc) is 2.46. The van der Waals surface area contributed by atoms with Crippen molar-refractivity contribution in [2.45, 2.75) is 6.04 Å². The number of rotatable bonds is 4. The minimum atomic E-state index is -1.58. The van der Waals surface area contributed by atoms with E-state index in [-0.39, 0.29) is 12.7 Å². The molecule has 0 aliphatic rings. The van der Waals surface area contributed by atoms with Crippen LogP contribution in [0.2, 0.25) is 0 Å². The van der Waals surface area contributed by atoms with Crippen LogP contribution in [0.15, 0.2) is 36.4 Å². The van der Waals surface area contributed by atoms with E-state index in [9.17, 15) is 17.6 Å². The lowest BCUT2D eigenvalue weighted by molar-refractivity contribution is 0.253. The Balaban J connectivity index is 2.16. The van der Waals surface area contributed by atoms with Crippen molar-refractivity contribution in [2.75, 3.05) is 6.61 Å². The first-order chi connectivity index (χ1) is 9.50. The monoisotopic (exact) mass is 285 g/mol. The second kappa shape index (κ2) is 5.92. The van der Waals surface area contributed by atoms with E-state index in [0.717, 1.165) is 0 Å². The fourth-order valence-electron chi connectivity index (χ4n) is 1.65. The minimum absolute atomic E-state index is 0.120. The Morgan fingerprint density at radius 1 is 0.950 bits per heavy atom. The van der Waals surface area contributed by atoms with Gasteiger partial charge in [-0.15, -0.1) is 0 Å². The topological polar surface area (TPSA) is 35.2 Å². The van der Waals surface area contributed by atoms with E-state index in [0.29, 0.717) is 5.56 Å². The Labute approximate surface area is 112 Å². The van der Waals surface area contributed by atoms with E-state index < -0.39 is 35.1 Å². The van der Waals surface area contributed by atoms with Crippen LogP contribution in [0.25, 0.3) is 0 Å². The summed E-state index contributed by atoms with van der Waals surface area (Å²) in [7, 11) is 0. The highest BCUT2D eigenvalue weighted by Crippen LogP contribution is 2.27. The summed E-state index contributed by atoms with van der Waals surface area (Å²) in [5, 5.41) is 0. The Bertz CT molecular complexity index is 578. The Morgan fingerprint density at radius 2 is 1.50 bits per heavy atom. The summed E-state index contributed by atoms with van der Waals surface area (Å²) >= 11 is 0. The lowest BCUT2D eigenvalue weighted by Crippen LogP contribution is -2.20. The van der Waals surface area contributed by atoms with Crippen LogP contribution in [0.4, 0.5) is 17.6 Å². The van der Waals surface area contributed by atoms with Crippen LogP contribution in [0.3, 0.4) is 0 Å². The number of halogens is 4. The number of benzene rings is 2. The molecule has 0 saturated heterocycles. The zero-order valence-corrected chi connectivity index (χ0v) is 10.2. The second-order valence-corrected chi connectivity index (χ2v) is 4.13. The summed E-state index contributed by atoms with van der Waals surface area (Å²) in [5.41, 5.74) is 6.43. The zero-order valence-electron chi connectivity index (χ0n) is 10.2. The maximum Gasteiger partial charge on any atom is 0.203 e. The predicted molar refractivity (Wildman–Crippen MR) is 65.1 cm³/mol. The van der Waals surface area contributed by atoms with Gasteiger partial charge in [-0.3, -0.25) is 0 Å². The third-order valence-electron chi connectivity index (χ3n) is 2.71. The van der Waals surface area contributed by atoms with Crippen LogP contribution in [-0.4, -0.2) is 6.61 Å². The molecule has 2 aromatic carbocycles. The maximum atomic E-state index is 13.3. The first-order valence-corrected chi connectivity index (χ1v) is 5.77. The summed E-state index contributed by atoms with van der Waals surface area (Å²) in [6.07, 6.45) is 0. The van der Waals surface area contributed by atoms with E-state index in [4.69, 9.17) is 10.5 Å². The molecule has 0 amide bonds. The molecule has 2 aromatic rings. The zero-order chi connectivity index (χ0) is 14.7. The van der Waals surface area contributed by atoms with Crippen molar-refractivity contribution in [3.63, 3.8) is 0 Å². The van der Waals surface area contributed by atoms with E-state index in [2.05, 4.69) is 0 Å². The molecule has 0 aliphatic carbocycles. The molecule has 0 bridgehead atoms. The molecule has 6 heteroatoms. The normalized spacial score (nSPS) is 12.2. The standard InChI is InChI=1S/C14H11F4NO/c15-9-6-10(16)13(18)14(12(9)17)20-7-11(19)8-4-2-1-3-5-8/h1-6,11H,7,19H2. The lowest BCUT2D eigenvalue weighted by atomic mass is 10.1. The number of ether oxygens (including phenoxy) is 1. The average molecular weight is 285 g/mol. The van der Waals surface area contributed by atoms with Gasteiger partial charge in [0.15, 0.2) is 17.4 Å². The highest BCUT2D eigenvalue weighted by atomic mass is 19.2. The van der Waals surface area contributed by atoms with Crippen LogP contribution in [0, 0.1) is 23.3 Å². The molecule has 0 radical (unpaired) electrons. The van der Waals surface area contributed by atoms with Gasteiger partial charge in [0, 0.05) is 6.07 Å². The van der Waals surface area contributed by atoms with Crippen molar-refractivity contribution >= 4 is 0 Å². The molecule has 1 unspecified atom stereocenters. The Hall–Kier alpha value is -2.08. The molecule has 20 heavy (non-hydrogen) atoms. The van der Waals surface area contributed by atoms with Gasteiger partial charge in [0.25, 0.3) is 0 Å². The third-order valence-corrected chi connectivity index (χ3v) is 2.71. The van der Waals surface area contributed by atoms with Crippen molar-refractivity contribution < 1.29 is 22.3 Å². The molecule has 2 rings (SSSR count). The largest absolute Gasteiger partial charge is 0.485 e. The van der Waals surface area contributed by atoms with Crippen molar-refractivity contribution in [1.82, 2.24) is 0 Å². The number of nitrogens with two attached hydrogens (primary N) is 1. The summed E-state index contributed by atoms with van der Waals surface area (Å²) in [6, 6.07) is 8.09. The Kier molecular flexibility index (Phi) is 4.24. The molecule has 2 nitrogen and oxygen atoms in total. The smallest absolute Gasteiger partial charge is 0.203 e. The number of hydrogen-bond acceptors (Lipinski definition) is 2. The van der Waals surface area contributed by atoms with Gasteiger partial charge in [0.2, 0.25) is 11.6 Å². The van der Waals surface area contributed by atoms with Crippen molar-refractivity contribution in [2.24, 2.45) is 5.73 Å². The van der Waals surface area contributed by atoms with Crippen LogP contribution in [0.1, 0.15) is 11.6 Å².